The fraction of sp³-hybridized carbons (Fsp3) is 0.579. The average molecular weight is 346 g/mol. The number of hydrogen-bond acceptors (Lipinski definition) is 4. The molecular weight excluding hydrogens is 320 g/mol. The van der Waals surface area contributed by atoms with Gasteiger partial charge in [0.2, 0.25) is 5.91 Å². The zero-order valence-electron chi connectivity index (χ0n) is 14.4. The molecule has 1 saturated carbocycles. The number of aliphatic hydroxyl groups excluding tert-OH is 1. The highest BCUT2D eigenvalue weighted by molar-refractivity contribution is 5.86. The summed E-state index contributed by atoms with van der Waals surface area (Å²) in [6.07, 6.45) is 4.46. The molecule has 0 spiro atoms. The van der Waals surface area contributed by atoms with Gasteiger partial charge in [0.15, 0.2) is 0 Å². The largest absolute Gasteiger partial charge is 0.445 e. The molecule has 2 fully saturated rings. The van der Waals surface area contributed by atoms with E-state index < -0.39 is 18.2 Å². The Kier molecular flexibility index (Phi) is 5.91. The minimum Gasteiger partial charge on any atom is -0.445 e. The third kappa shape index (κ3) is 4.72. The minimum absolute atomic E-state index is 0.135. The predicted molar refractivity (Wildman–Crippen MR) is 92.8 cm³/mol. The third-order valence-corrected chi connectivity index (χ3v) is 4.97. The van der Waals surface area contributed by atoms with Gasteiger partial charge in [-0.3, -0.25) is 9.69 Å². The van der Waals surface area contributed by atoms with Gasteiger partial charge in [0.1, 0.15) is 12.6 Å². The summed E-state index contributed by atoms with van der Waals surface area (Å²) in [6, 6.07) is 8.93. The smallest absolute Gasteiger partial charge is 0.410 e. The Hall–Kier alpha value is -2.08. The van der Waals surface area contributed by atoms with Crippen molar-refractivity contribution < 1.29 is 19.4 Å². The third-order valence-electron chi connectivity index (χ3n) is 4.97. The fourth-order valence-electron chi connectivity index (χ4n) is 3.61. The van der Waals surface area contributed by atoms with Crippen LogP contribution in [0.4, 0.5) is 4.79 Å². The van der Waals surface area contributed by atoms with Gasteiger partial charge >= 0.3 is 6.09 Å². The van der Waals surface area contributed by atoms with Crippen LogP contribution in [0.3, 0.4) is 0 Å². The molecule has 1 aliphatic heterocycles. The maximum atomic E-state index is 12.6. The zero-order chi connectivity index (χ0) is 17.6. The summed E-state index contributed by atoms with van der Waals surface area (Å²) in [4.78, 5) is 26.3. The molecule has 6 heteroatoms. The van der Waals surface area contributed by atoms with Crippen molar-refractivity contribution in [1.82, 2.24) is 10.2 Å². The van der Waals surface area contributed by atoms with Gasteiger partial charge in [-0.1, -0.05) is 49.6 Å². The van der Waals surface area contributed by atoms with E-state index in [2.05, 4.69) is 5.32 Å². The number of hydrogen-bond donors (Lipinski definition) is 2. The molecule has 1 aliphatic carbocycles. The molecule has 2 amide bonds. The Morgan fingerprint density at radius 1 is 1.16 bits per heavy atom. The number of aliphatic hydroxyl groups is 1. The number of carbonyl (C=O) groups is 2. The van der Waals surface area contributed by atoms with Gasteiger partial charge in [0, 0.05) is 12.5 Å². The van der Waals surface area contributed by atoms with Crippen molar-refractivity contribution in [2.45, 2.75) is 63.3 Å². The lowest BCUT2D eigenvalue weighted by Gasteiger charge is -2.27. The molecule has 0 bridgehead atoms. The normalized spacial score (nSPS) is 24.1. The molecule has 3 rings (SSSR count). The van der Waals surface area contributed by atoms with Gasteiger partial charge in [-0.25, -0.2) is 4.79 Å². The zero-order valence-corrected chi connectivity index (χ0v) is 14.4. The van der Waals surface area contributed by atoms with Crippen molar-refractivity contribution in [3.63, 3.8) is 0 Å². The average Bonchev–Trinajstić information content (AvgIpc) is 3.03. The Morgan fingerprint density at radius 3 is 2.60 bits per heavy atom. The van der Waals surface area contributed by atoms with Crippen LogP contribution in [0.1, 0.15) is 44.1 Å². The number of carbonyl (C=O) groups excluding carboxylic acids is 2. The van der Waals surface area contributed by atoms with E-state index in [1.165, 1.54) is 11.3 Å². The van der Waals surface area contributed by atoms with Crippen LogP contribution in [0.25, 0.3) is 0 Å². The van der Waals surface area contributed by atoms with Crippen LogP contribution in [-0.2, 0) is 16.1 Å². The molecule has 1 aromatic rings. The highest BCUT2D eigenvalue weighted by Gasteiger charge is 2.40. The highest BCUT2D eigenvalue weighted by atomic mass is 16.6. The summed E-state index contributed by atoms with van der Waals surface area (Å²) >= 11 is 0. The van der Waals surface area contributed by atoms with Gasteiger partial charge in [0.05, 0.1) is 12.6 Å². The number of benzene rings is 1. The summed E-state index contributed by atoms with van der Waals surface area (Å²) in [6.45, 7) is 0.291. The van der Waals surface area contributed by atoms with Crippen LogP contribution in [-0.4, -0.2) is 46.7 Å². The topological polar surface area (TPSA) is 78.9 Å². The lowest BCUT2D eigenvalue weighted by Crippen LogP contribution is -2.49. The Balaban J connectivity index is 1.56. The maximum Gasteiger partial charge on any atom is 0.410 e. The molecule has 2 N–H and O–H groups in total. The van der Waals surface area contributed by atoms with E-state index in [9.17, 15) is 14.7 Å². The van der Waals surface area contributed by atoms with E-state index in [-0.39, 0.29) is 31.5 Å². The SMILES string of the molecule is O=C(NC1CCCCC1)[C@@H]1C[C@H](O)CN1C(=O)OCc1ccccc1. The first-order chi connectivity index (χ1) is 12.1. The lowest BCUT2D eigenvalue weighted by atomic mass is 9.95. The molecule has 136 valence electrons. The number of nitrogens with one attached hydrogen (secondary N) is 1. The number of ether oxygens (including phenoxy) is 1. The molecule has 0 radical (unpaired) electrons. The highest BCUT2D eigenvalue weighted by Crippen LogP contribution is 2.22. The van der Waals surface area contributed by atoms with Crippen molar-refractivity contribution in [2.75, 3.05) is 6.54 Å². The quantitative estimate of drug-likeness (QED) is 0.876. The Morgan fingerprint density at radius 2 is 1.88 bits per heavy atom. The maximum absolute atomic E-state index is 12.6. The number of amides is 2. The fourth-order valence-corrected chi connectivity index (χ4v) is 3.61. The van der Waals surface area contributed by atoms with E-state index in [1.807, 2.05) is 30.3 Å². The molecule has 2 atom stereocenters. The standard InChI is InChI=1S/C19H26N2O4/c22-16-11-17(18(23)20-15-9-5-2-6-10-15)21(12-16)19(24)25-13-14-7-3-1-4-8-14/h1,3-4,7-8,15-17,22H,2,5-6,9-13H2,(H,20,23)/t16-,17-/m0/s1. The summed E-state index contributed by atoms with van der Waals surface area (Å²) in [5.74, 6) is -0.180. The summed E-state index contributed by atoms with van der Waals surface area (Å²) < 4.78 is 5.33. The van der Waals surface area contributed by atoms with E-state index in [0.29, 0.717) is 0 Å². The number of rotatable bonds is 4. The van der Waals surface area contributed by atoms with Crippen molar-refractivity contribution in [2.24, 2.45) is 0 Å². The van der Waals surface area contributed by atoms with Crippen LogP contribution in [0.5, 0.6) is 0 Å². The Bertz CT molecular complexity index is 586. The lowest BCUT2D eigenvalue weighted by molar-refractivity contribution is -0.126. The van der Waals surface area contributed by atoms with E-state index >= 15 is 0 Å². The van der Waals surface area contributed by atoms with E-state index in [0.717, 1.165) is 31.2 Å². The van der Waals surface area contributed by atoms with Crippen molar-refractivity contribution >= 4 is 12.0 Å². The molecule has 2 aliphatic rings. The van der Waals surface area contributed by atoms with E-state index in [4.69, 9.17) is 4.74 Å². The molecule has 1 aromatic carbocycles. The van der Waals surface area contributed by atoms with Crippen molar-refractivity contribution in [3.05, 3.63) is 35.9 Å². The van der Waals surface area contributed by atoms with Crippen molar-refractivity contribution in [1.29, 1.82) is 0 Å². The molecule has 6 nitrogen and oxygen atoms in total. The molecular formula is C19H26N2O4. The molecule has 0 unspecified atom stereocenters. The van der Waals surface area contributed by atoms with Crippen LogP contribution < -0.4 is 5.32 Å². The number of nitrogens with zero attached hydrogens (tertiary/aromatic N) is 1. The van der Waals surface area contributed by atoms with Gasteiger partial charge in [0.25, 0.3) is 0 Å². The minimum atomic E-state index is -0.689. The van der Waals surface area contributed by atoms with Crippen LogP contribution in [0.2, 0.25) is 0 Å². The van der Waals surface area contributed by atoms with E-state index in [1.54, 1.807) is 0 Å². The summed E-state index contributed by atoms with van der Waals surface area (Å²) in [5, 5.41) is 13.0. The number of β-amino-alcohol motifs (C(OH)–C–C–N with tert-alkyl or cyclic N) is 1. The Labute approximate surface area is 148 Å². The van der Waals surface area contributed by atoms with Crippen molar-refractivity contribution in [3.8, 4) is 0 Å². The van der Waals surface area contributed by atoms with Gasteiger partial charge in [-0.2, -0.15) is 0 Å². The predicted octanol–water partition coefficient (Wildman–Crippen LogP) is 2.21. The first kappa shape index (κ1) is 17.7. The van der Waals surface area contributed by atoms with Gasteiger partial charge in [-0.05, 0) is 18.4 Å². The summed E-state index contributed by atoms with van der Waals surface area (Å²) in [5.41, 5.74) is 0.888. The second-order valence-electron chi connectivity index (χ2n) is 6.94. The summed E-state index contributed by atoms with van der Waals surface area (Å²) in [7, 11) is 0. The molecule has 0 aromatic heterocycles. The molecule has 25 heavy (non-hydrogen) atoms. The first-order valence-electron chi connectivity index (χ1n) is 9.09. The second-order valence-corrected chi connectivity index (χ2v) is 6.94. The number of likely N-dealkylation sites (tertiary alicyclic amines) is 1. The van der Waals surface area contributed by atoms with Crippen LogP contribution in [0.15, 0.2) is 30.3 Å². The second kappa shape index (κ2) is 8.34. The molecule has 1 heterocycles. The first-order valence-corrected chi connectivity index (χ1v) is 9.09. The van der Waals surface area contributed by atoms with Gasteiger partial charge < -0.3 is 15.2 Å². The van der Waals surface area contributed by atoms with Crippen LogP contribution in [0, 0.1) is 0 Å². The molecule has 1 saturated heterocycles. The monoisotopic (exact) mass is 346 g/mol. The van der Waals surface area contributed by atoms with Gasteiger partial charge in [-0.15, -0.1) is 0 Å². The van der Waals surface area contributed by atoms with Crippen LogP contribution >= 0.6 is 0 Å².